The summed E-state index contributed by atoms with van der Waals surface area (Å²) in [6.07, 6.45) is 3.85. The summed E-state index contributed by atoms with van der Waals surface area (Å²) in [6.45, 7) is 0.876. The standard InChI is InChI=1S/C13H19ClN2O/c14-11-2-1-3-12(15)13(11)16-8-9-4-6-10(17)7-5-9/h1-3,9-10,16-17H,4-8,15H2. The first-order valence-electron chi connectivity index (χ1n) is 6.12. The number of benzene rings is 1. The molecule has 4 heteroatoms. The Kier molecular flexibility index (Phi) is 4.13. The van der Waals surface area contributed by atoms with E-state index in [1.807, 2.05) is 18.2 Å². The lowest BCUT2D eigenvalue weighted by Gasteiger charge is -2.26. The fraction of sp³-hybridized carbons (Fsp3) is 0.538. The summed E-state index contributed by atoms with van der Waals surface area (Å²) in [4.78, 5) is 0. The molecule has 0 aliphatic heterocycles. The van der Waals surface area contributed by atoms with E-state index in [9.17, 15) is 5.11 Å². The highest BCUT2D eigenvalue weighted by molar-refractivity contribution is 6.33. The van der Waals surface area contributed by atoms with Gasteiger partial charge in [-0.3, -0.25) is 0 Å². The van der Waals surface area contributed by atoms with Gasteiger partial charge in [-0.1, -0.05) is 17.7 Å². The van der Waals surface area contributed by atoms with Gasteiger partial charge in [-0.15, -0.1) is 0 Å². The SMILES string of the molecule is Nc1cccc(Cl)c1NCC1CCC(O)CC1. The van der Waals surface area contributed by atoms with Crippen molar-refractivity contribution in [2.75, 3.05) is 17.6 Å². The van der Waals surface area contributed by atoms with Crippen LogP contribution in [-0.2, 0) is 0 Å². The van der Waals surface area contributed by atoms with Crippen LogP contribution in [0.25, 0.3) is 0 Å². The Morgan fingerprint density at radius 2 is 2.00 bits per heavy atom. The van der Waals surface area contributed by atoms with Gasteiger partial charge in [0.2, 0.25) is 0 Å². The van der Waals surface area contributed by atoms with E-state index in [0.29, 0.717) is 16.6 Å². The highest BCUT2D eigenvalue weighted by Crippen LogP contribution is 2.30. The van der Waals surface area contributed by atoms with Crippen molar-refractivity contribution in [1.82, 2.24) is 0 Å². The van der Waals surface area contributed by atoms with Crippen LogP contribution in [0, 0.1) is 5.92 Å². The van der Waals surface area contributed by atoms with Crippen LogP contribution in [0.1, 0.15) is 25.7 Å². The number of aliphatic hydroxyl groups excluding tert-OH is 1. The molecular weight excluding hydrogens is 236 g/mol. The monoisotopic (exact) mass is 254 g/mol. The molecule has 2 rings (SSSR count). The zero-order chi connectivity index (χ0) is 12.3. The Bertz CT molecular complexity index is 355. The summed E-state index contributed by atoms with van der Waals surface area (Å²) in [5.41, 5.74) is 7.39. The molecule has 1 aliphatic carbocycles. The molecule has 0 heterocycles. The number of aliphatic hydroxyl groups is 1. The molecule has 1 aromatic carbocycles. The van der Waals surface area contributed by atoms with Gasteiger partial charge in [0.05, 0.1) is 22.5 Å². The molecule has 1 aliphatic rings. The molecule has 0 spiro atoms. The lowest BCUT2D eigenvalue weighted by atomic mass is 9.87. The van der Waals surface area contributed by atoms with E-state index in [1.165, 1.54) is 0 Å². The summed E-state index contributed by atoms with van der Waals surface area (Å²) in [7, 11) is 0. The van der Waals surface area contributed by atoms with Crippen LogP contribution in [0.15, 0.2) is 18.2 Å². The summed E-state index contributed by atoms with van der Waals surface area (Å²) >= 11 is 6.09. The highest BCUT2D eigenvalue weighted by Gasteiger charge is 2.19. The van der Waals surface area contributed by atoms with Crippen molar-refractivity contribution in [1.29, 1.82) is 0 Å². The van der Waals surface area contributed by atoms with Crippen LogP contribution >= 0.6 is 11.6 Å². The molecule has 0 saturated heterocycles. The van der Waals surface area contributed by atoms with Crippen LogP contribution in [-0.4, -0.2) is 17.8 Å². The van der Waals surface area contributed by atoms with Crippen LogP contribution < -0.4 is 11.1 Å². The number of rotatable bonds is 3. The lowest BCUT2D eigenvalue weighted by molar-refractivity contribution is 0.111. The molecule has 1 saturated carbocycles. The van der Waals surface area contributed by atoms with E-state index in [0.717, 1.165) is 37.9 Å². The maximum Gasteiger partial charge on any atom is 0.0763 e. The van der Waals surface area contributed by atoms with E-state index in [2.05, 4.69) is 5.32 Å². The van der Waals surface area contributed by atoms with E-state index in [4.69, 9.17) is 17.3 Å². The number of nitrogen functional groups attached to an aromatic ring is 1. The van der Waals surface area contributed by atoms with Gasteiger partial charge in [0.25, 0.3) is 0 Å². The van der Waals surface area contributed by atoms with Crippen molar-refractivity contribution in [2.24, 2.45) is 5.92 Å². The van der Waals surface area contributed by atoms with Crippen molar-refractivity contribution >= 4 is 23.0 Å². The lowest BCUT2D eigenvalue weighted by Crippen LogP contribution is -2.23. The van der Waals surface area contributed by atoms with Gasteiger partial charge in [0.15, 0.2) is 0 Å². The maximum absolute atomic E-state index is 9.44. The molecule has 17 heavy (non-hydrogen) atoms. The van der Waals surface area contributed by atoms with Crippen molar-refractivity contribution < 1.29 is 5.11 Å². The molecule has 1 fully saturated rings. The molecule has 4 N–H and O–H groups in total. The van der Waals surface area contributed by atoms with Gasteiger partial charge in [0, 0.05) is 6.54 Å². The first-order chi connectivity index (χ1) is 8.16. The Labute approximate surface area is 107 Å². The summed E-state index contributed by atoms with van der Waals surface area (Å²) in [5.74, 6) is 0.606. The van der Waals surface area contributed by atoms with Crippen molar-refractivity contribution in [2.45, 2.75) is 31.8 Å². The fourth-order valence-electron chi connectivity index (χ4n) is 2.32. The number of hydrogen-bond donors (Lipinski definition) is 3. The van der Waals surface area contributed by atoms with Gasteiger partial charge in [-0.25, -0.2) is 0 Å². The third kappa shape index (κ3) is 3.27. The molecule has 94 valence electrons. The first kappa shape index (κ1) is 12.5. The molecule has 0 atom stereocenters. The third-order valence-corrected chi connectivity index (χ3v) is 3.74. The van der Waals surface area contributed by atoms with Gasteiger partial charge in [0.1, 0.15) is 0 Å². The number of nitrogens with one attached hydrogen (secondary N) is 1. The van der Waals surface area contributed by atoms with E-state index >= 15 is 0 Å². The normalized spacial score (nSPS) is 24.6. The Balaban J connectivity index is 1.89. The third-order valence-electron chi connectivity index (χ3n) is 3.43. The predicted molar refractivity (Wildman–Crippen MR) is 72.3 cm³/mol. The smallest absolute Gasteiger partial charge is 0.0763 e. The number of halogens is 1. The Morgan fingerprint density at radius 1 is 1.29 bits per heavy atom. The van der Waals surface area contributed by atoms with Crippen LogP contribution in [0.4, 0.5) is 11.4 Å². The molecule has 0 unspecified atom stereocenters. The van der Waals surface area contributed by atoms with Crippen LogP contribution in [0.5, 0.6) is 0 Å². The number of para-hydroxylation sites is 1. The second-order valence-electron chi connectivity index (χ2n) is 4.76. The topological polar surface area (TPSA) is 58.3 Å². The van der Waals surface area contributed by atoms with E-state index < -0.39 is 0 Å². The van der Waals surface area contributed by atoms with Crippen LogP contribution in [0.2, 0.25) is 5.02 Å². The Hall–Kier alpha value is -0.930. The molecule has 0 bridgehead atoms. The second-order valence-corrected chi connectivity index (χ2v) is 5.17. The van der Waals surface area contributed by atoms with E-state index in [-0.39, 0.29) is 6.10 Å². The molecule has 0 radical (unpaired) electrons. The van der Waals surface area contributed by atoms with Crippen LogP contribution in [0.3, 0.4) is 0 Å². The second kappa shape index (κ2) is 5.61. The average molecular weight is 255 g/mol. The molecule has 1 aromatic rings. The number of hydrogen-bond acceptors (Lipinski definition) is 3. The van der Waals surface area contributed by atoms with Crippen molar-refractivity contribution in [3.05, 3.63) is 23.2 Å². The largest absolute Gasteiger partial charge is 0.397 e. The summed E-state index contributed by atoms with van der Waals surface area (Å²) < 4.78 is 0. The first-order valence-corrected chi connectivity index (χ1v) is 6.50. The highest BCUT2D eigenvalue weighted by atomic mass is 35.5. The minimum absolute atomic E-state index is 0.100. The molecular formula is C13H19ClN2O. The minimum Gasteiger partial charge on any atom is -0.397 e. The number of nitrogens with two attached hydrogens (primary N) is 1. The molecule has 3 nitrogen and oxygen atoms in total. The van der Waals surface area contributed by atoms with Crippen molar-refractivity contribution in [3.63, 3.8) is 0 Å². The van der Waals surface area contributed by atoms with Gasteiger partial charge >= 0.3 is 0 Å². The van der Waals surface area contributed by atoms with Gasteiger partial charge < -0.3 is 16.2 Å². The average Bonchev–Trinajstić information content (AvgIpc) is 2.31. The minimum atomic E-state index is -0.100. The fourth-order valence-corrected chi connectivity index (χ4v) is 2.57. The zero-order valence-corrected chi connectivity index (χ0v) is 10.6. The molecule has 0 aromatic heterocycles. The zero-order valence-electron chi connectivity index (χ0n) is 9.82. The van der Waals surface area contributed by atoms with Crippen molar-refractivity contribution in [3.8, 4) is 0 Å². The van der Waals surface area contributed by atoms with Gasteiger partial charge in [-0.2, -0.15) is 0 Å². The molecule has 0 amide bonds. The summed E-state index contributed by atoms with van der Waals surface area (Å²) in [6, 6.07) is 5.53. The van der Waals surface area contributed by atoms with E-state index in [1.54, 1.807) is 0 Å². The quantitative estimate of drug-likeness (QED) is 0.727. The summed E-state index contributed by atoms with van der Waals surface area (Å²) in [5, 5.41) is 13.4. The maximum atomic E-state index is 9.44. The number of anilines is 2. The Morgan fingerprint density at radius 3 is 2.65 bits per heavy atom. The predicted octanol–water partition coefficient (Wildman–Crippen LogP) is 2.89. The van der Waals surface area contributed by atoms with Gasteiger partial charge in [-0.05, 0) is 43.7 Å².